The number of aromatic amines is 1. The third-order valence-corrected chi connectivity index (χ3v) is 1.74. The van der Waals surface area contributed by atoms with Crippen LogP contribution in [0.4, 0.5) is 5.82 Å². The Labute approximate surface area is 122 Å². The van der Waals surface area contributed by atoms with E-state index in [9.17, 15) is 10.1 Å². The van der Waals surface area contributed by atoms with E-state index in [1.54, 1.807) is 0 Å². The number of guanidine groups is 2. The predicted molar refractivity (Wildman–Crippen MR) is 78.9 cm³/mol. The van der Waals surface area contributed by atoms with Crippen LogP contribution in [0.5, 0.6) is 0 Å². The standard InChI is InChI=1S/C6H15N5.C3H3N3O2.ClH/c1-2-3-4-10-6(9)11-5(7)8;7-6(8)3-1-4-2-5-3;/h2-4H2,1H3,(H6,7,8,9,10,11);1-2H,(H,4,5);1H. The van der Waals surface area contributed by atoms with Crippen molar-refractivity contribution in [2.45, 2.75) is 19.8 Å². The Morgan fingerprint density at radius 2 is 2.30 bits per heavy atom. The molecule has 0 radical (unpaired) electrons. The second-order valence-corrected chi connectivity index (χ2v) is 3.35. The van der Waals surface area contributed by atoms with E-state index in [0.717, 1.165) is 19.0 Å². The summed E-state index contributed by atoms with van der Waals surface area (Å²) in [6.45, 7) is 2.76. The normalized spacial score (nSPS) is 9.75. The molecule has 1 rings (SSSR count). The fraction of sp³-hybridized carbons (Fsp3) is 0.444. The molecule has 0 fully saturated rings. The van der Waals surface area contributed by atoms with Gasteiger partial charge in [-0.15, -0.1) is 12.4 Å². The van der Waals surface area contributed by atoms with E-state index in [0.29, 0.717) is 6.54 Å². The summed E-state index contributed by atoms with van der Waals surface area (Å²) in [4.78, 5) is 19.0. The maximum Gasteiger partial charge on any atom is 0.340 e. The molecule has 0 atom stereocenters. The van der Waals surface area contributed by atoms with Gasteiger partial charge in [0.05, 0.1) is 0 Å². The molecule has 0 amide bonds. The van der Waals surface area contributed by atoms with Gasteiger partial charge >= 0.3 is 5.82 Å². The zero-order valence-corrected chi connectivity index (χ0v) is 11.8. The van der Waals surface area contributed by atoms with Crippen LogP contribution in [0.3, 0.4) is 0 Å². The Balaban J connectivity index is 0. The van der Waals surface area contributed by atoms with E-state index < -0.39 is 4.92 Å². The van der Waals surface area contributed by atoms with Crippen LogP contribution in [0.1, 0.15) is 19.8 Å². The molecular formula is C9H19ClN8O2. The minimum Gasteiger partial charge on any atom is -0.370 e. The van der Waals surface area contributed by atoms with E-state index in [2.05, 4.69) is 27.2 Å². The van der Waals surface area contributed by atoms with Crippen molar-refractivity contribution in [1.29, 1.82) is 5.41 Å². The average Bonchev–Trinajstić information content (AvgIpc) is 2.82. The molecule has 0 unspecified atom stereocenters. The fourth-order valence-electron chi connectivity index (χ4n) is 0.884. The molecule has 0 aliphatic carbocycles. The van der Waals surface area contributed by atoms with Gasteiger partial charge in [0.1, 0.15) is 6.20 Å². The lowest BCUT2D eigenvalue weighted by molar-refractivity contribution is -0.389. The largest absolute Gasteiger partial charge is 0.370 e. The van der Waals surface area contributed by atoms with Gasteiger partial charge in [-0.2, -0.15) is 0 Å². The van der Waals surface area contributed by atoms with Crippen molar-refractivity contribution in [3.05, 3.63) is 22.6 Å². The summed E-state index contributed by atoms with van der Waals surface area (Å²) in [6.07, 6.45) is 4.50. The molecule has 1 aromatic rings. The first-order valence-corrected chi connectivity index (χ1v) is 5.51. The van der Waals surface area contributed by atoms with Gasteiger partial charge in [-0.1, -0.05) is 13.3 Å². The van der Waals surface area contributed by atoms with Gasteiger partial charge in [-0.25, -0.2) is 9.97 Å². The number of nitrogens with one attached hydrogen (secondary N) is 3. The highest BCUT2D eigenvalue weighted by Crippen LogP contribution is 1.99. The number of rotatable bonds is 4. The number of aliphatic imine (C=N–C) groups is 1. The molecule has 1 heterocycles. The molecular weight excluding hydrogens is 288 g/mol. The number of unbranched alkanes of at least 4 members (excludes halogenated alkanes) is 1. The number of H-pyrrole nitrogens is 1. The van der Waals surface area contributed by atoms with Crippen LogP contribution >= 0.6 is 12.4 Å². The summed E-state index contributed by atoms with van der Waals surface area (Å²) >= 11 is 0. The van der Waals surface area contributed by atoms with E-state index in [1.165, 1.54) is 6.33 Å². The predicted octanol–water partition coefficient (Wildman–Crippen LogP) is 0.324. The van der Waals surface area contributed by atoms with E-state index in [-0.39, 0.29) is 30.1 Å². The smallest absolute Gasteiger partial charge is 0.340 e. The lowest BCUT2D eigenvalue weighted by atomic mass is 10.3. The number of nitrogens with two attached hydrogens (primary N) is 2. The van der Waals surface area contributed by atoms with Crippen molar-refractivity contribution >= 4 is 30.1 Å². The number of halogens is 1. The average molecular weight is 307 g/mol. The van der Waals surface area contributed by atoms with Crippen LogP contribution in [0.15, 0.2) is 17.5 Å². The molecule has 10 nitrogen and oxygen atoms in total. The quantitative estimate of drug-likeness (QED) is 0.176. The van der Waals surface area contributed by atoms with Crippen LogP contribution in [-0.2, 0) is 0 Å². The van der Waals surface area contributed by atoms with Crippen molar-refractivity contribution in [1.82, 2.24) is 15.3 Å². The molecule has 0 aromatic carbocycles. The van der Waals surface area contributed by atoms with Crippen LogP contribution < -0.4 is 16.8 Å². The third kappa shape index (κ3) is 10.8. The fourth-order valence-corrected chi connectivity index (χ4v) is 0.884. The molecule has 0 spiro atoms. The van der Waals surface area contributed by atoms with Crippen LogP contribution in [0.25, 0.3) is 0 Å². The van der Waals surface area contributed by atoms with E-state index >= 15 is 0 Å². The van der Waals surface area contributed by atoms with Crippen molar-refractivity contribution in [3.8, 4) is 0 Å². The first-order chi connectivity index (χ1) is 8.97. The van der Waals surface area contributed by atoms with Crippen LogP contribution in [-0.4, -0.2) is 33.4 Å². The Morgan fingerprint density at radius 3 is 2.65 bits per heavy atom. The number of nitro groups is 1. The molecule has 0 saturated carbocycles. The maximum atomic E-state index is 9.80. The zero-order valence-electron chi connectivity index (χ0n) is 11.0. The zero-order chi connectivity index (χ0) is 14.7. The summed E-state index contributed by atoms with van der Waals surface area (Å²) in [6, 6.07) is 0. The molecule has 0 aliphatic heterocycles. The minimum atomic E-state index is -0.535. The Morgan fingerprint density at radius 1 is 1.65 bits per heavy atom. The lowest BCUT2D eigenvalue weighted by Gasteiger charge is -2.00. The molecule has 0 saturated heterocycles. The van der Waals surface area contributed by atoms with Crippen molar-refractivity contribution < 1.29 is 4.92 Å². The molecule has 114 valence electrons. The van der Waals surface area contributed by atoms with Gasteiger partial charge in [0, 0.05) is 6.54 Å². The van der Waals surface area contributed by atoms with Crippen molar-refractivity contribution in [2.24, 2.45) is 16.5 Å². The van der Waals surface area contributed by atoms with Gasteiger partial charge in [-0.05, 0) is 11.3 Å². The lowest BCUT2D eigenvalue weighted by Crippen LogP contribution is -2.40. The van der Waals surface area contributed by atoms with Gasteiger partial charge in [0.2, 0.25) is 0 Å². The van der Waals surface area contributed by atoms with E-state index in [1.807, 2.05) is 0 Å². The topological polar surface area (TPSA) is 172 Å². The monoisotopic (exact) mass is 306 g/mol. The highest BCUT2D eigenvalue weighted by Gasteiger charge is 1.99. The number of nitrogens with zero attached hydrogens (tertiary/aromatic N) is 3. The van der Waals surface area contributed by atoms with Crippen LogP contribution in [0, 0.1) is 15.5 Å². The first kappa shape index (κ1) is 20.0. The minimum absolute atomic E-state index is 0. The number of hydrogen-bond acceptors (Lipinski definition) is 5. The number of hydrogen-bond donors (Lipinski definition) is 5. The van der Waals surface area contributed by atoms with Gasteiger partial charge in [0.25, 0.3) is 0 Å². The molecule has 7 N–H and O–H groups in total. The van der Waals surface area contributed by atoms with Gasteiger partial charge in [0.15, 0.2) is 18.2 Å². The Hall–Kier alpha value is -2.36. The highest BCUT2D eigenvalue weighted by atomic mass is 35.5. The summed E-state index contributed by atoms with van der Waals surface area (Å²) in [7, 11) is 0. The molecule has 1 aromatic heterocycles. The second-order valence-electron chi connectivity index (χ2n) is 3.35. The summed E-state index contributed by atoms with van der Waals surface area (Å²) < 4.78 is 0. The summed E-state index contributed by atoms with van der Waals surface area (Å²) in [5.41, 5.74) is 10.3. The highest BCUT2D eigenvalue weighted by molar-refractivity contribution is 5.95. The van der Waals surface area contributed by atoms with Crippen molar-refractivity contribution in [2.75, 3.05) is 6.54 Å². The third-order valence-electron chi connectivity index (χ3n) is 1.74. The first-order valence-electron chi connectivity index (χ1n) is 5.51. The SMILES string of the molecule is CCCCN=C(N)NC(=N)N.Cl.O=[N+]([O-])c1cnc[nH]1. The van der Waals surface area contributed by atoms with Crippen LogP contribution in [0.2, 0.25) is 0 Å². The van der Waals surface area contributed by atoms with Crippen molar-refractivity contribution in [3.63, 3.8) is 0 Å². The Bertz CT molecular complexity index is 420. The molecule has 11 heteroatoms. The molecule has 0 aliphatic rings. The molecule has 0 bridgehead atoms. The maximum absolute atomic E-state index is 9.80. The van der Waals surface area contributed by atoms with Gasteiger partial charge in [-0.3, -0.25) is 15.7 Å². The van der Waals surface area contributed by atoms with E-state index in [4.69, 9.17) is 16.9 Å². The summed E-state index contributed by atoms with van der Waals surface area (Å²) in [5, 5.41) is 19.0. The molecule has 20 heavy (non-hydrogen) atoms. The second kappa shape index (κ2) is 11.7. The Kier molecular flexibility index (Phi) is 11.7. The number of imidazole rings is 1. The van der Waals surface area contributed by atoms with Gasteiger partial charge < -0.3 is 21.6 Å². The summed E-state index contributed by atoms with van der Waals surface area (Å²) in [5.74, 6) is -0.0429. The number of aromatic nitrogens is 2.